The van der Waals surface area contributed by atoms with Crippen molar-refractivity contribution in [1.29, 1.82) is 0 Å². The highest BCUT2D eigenvalue weighted by molar-refractivity contribution is 7.89. The van der Waals surface area contributed by atoms with E-state index in [9.17, 15) is 61.2 Å². The van der Waals surface area contributed by atoms with Crippen molar-refractivity contribution in [3.8, 4) is 59.2 Å². The molecule has 0 radical (unpaired) electrons. The molecule has 6 saturated heterocycles. The smallest absolute Gasteiger partial charge is 0.359 e. The molecule has 26 heteroatoms. The van der Waals surface area contributed by atoms with Crippen LogP contribution in [0.15, 0.2) is 112 Å². The molecule has 6 aliphatic rings. The Labute approximate surface area is 537 Å². The first-order valence-corrected chi connectivity index (χ1v) is 33.3. The average Bonchev–Trinajstić information content (AvgIpc) is 1.84. The van der Waals surface area contributed by atoms with Crippen LogP contribution >= 0.6 is 12.4 Å². The minimum atomic E-state index is -4.57. The van der Waals surface area contributed by atoms with Gasteiger partial charge in [-0.25, -0.2) is 25.3 Å². The third-order valence-corrected chi connectivity index (χ3v) is 20.9. The van der Waals surface area contributed by atoms with E-state index in [-0.39, 0.29) is 72.8 Å². The van der Waals surface area contributed by atoms with Crippen LogP contribution in [0.25, 0.3) is 0 Å². The quantitative estimate of drug-likeness (QED) is 0.126. The molecule has 91 heavy (non-hydrogen) atoms. The van der Waals surface area contributed by atoms with E-state index in [1.165, 1.54) is 28.6 Å². The van der Waals surface area contributed by atoms with Crippen LogP contribution < -0.4 is 10.6 Å². The Bertz CT molecular complexity index is 3720. The van der Waals surface area contributed by atoms with Crippen molar-refractivity contribution in [2.45, 2.75) is 124 Å². The van der Waals surface area contributed by atoms with Crippen molar-refractivity contribution < 1.29 is 70.7 Å². The number of piperidine rings is 4. The number of nitrogens with zero attached hydrogens (tertiary/aromatic N) is 4. The number of alkyl halides is 6. The van der Waals surface area contributed by atoms with E-state index in [1.807, 2.05) is 26.0 Å². The normalized spacial score (nSPS) is 18.3. The molecule has 0 aromatic heterocycles. The summed E-state index contributed by atoms with van der Waals surface area (Å²) in [6.07, 6.45) is -4.67. The number of benzene rings is 4. The van der Waals surface area contributed by atoms with Crippen LogP contribution in [0.5, 0.6) is 0 Å². The number of aryl methyl sites for hydroxylation is 2. The molecule has 16 nitrogen and oxygen atoms in total. The summed E-state index contributed by atoms with van der Waals surface area (Å²) >= 11 is 0. The first kappa shape index (κ1) is 75.1. The lowest BCUT2D eigenvalue weighted by atomic mass is 10.0. The number of ether oxygens (including phenoxy) is 2. The van der Waals surface area contributed by atoms with E-state index in [0.29, 0.717) is 75.7 Å². The molecule has 0 unspecified atom stereocenters. The Morgan fingerprint density at radius 2 is 0.879 bits per heavy atom. The Balaban J connectivity index is 0.000000224. The number of likely N-dealkylation sites (tertiary alicyclic amines) is 1. The molecule has 0 amide bonds. The number of hydrogen-bond acceptors (Lipinski definition) is 13. The van der Waals surface area contributed by atoms with E-state index in [1.54, 1.807) is 42.4 Å². The fourth-order valence-corrected chi connectivity index (χ4v) is 14.7. The Hall–Kier alpha value is -6.58. The second-order valence-electron chi connectivity index (χ2n) is 21.4. The van der Waals surface area contributed by atoms with Gasteiger partial charge in [-0.2, -0.15) is 39.3 Å². The zero-order chi connectivity index (χ0) is 65.6. The number of Topliss-reactive ketones (excluding diaryl/α,β-unsaturated/α-hetero) is 2. The molecule has 2 N–H and O–H groups in total. The molecule has 4 aromatic carbocycles. The summed E-state index contributed by atoms with van der Waals surface area (Å²) in [5, 5.41) is 6.44. The van der Waals surface area contributed by atoms with Gasteiger partial charge in [-0.05, 0) is 141 Å². The van der Waals surface area contributed by atoms with Crippen molar-refractivity contribution in [2.24, 2.45) is 0 Å². The molecule has 490 valence electrons. The summed E-state index contributed by atoms with van der Waals surface area (Å²) in [7, 11) is -11.3. The maximum Gasteiger partial charge on any atom is 0.416 e. The van der Waals surface area contributed by atoms with Crippen LogP contribution in [-0.2, 0) is 68.0 Å². The first-order chi connectivity index (χ1) is 42.6. The van der Waals surface area contributed by atoms with Crippen molar-refractivity contribution in [3.05, 3.63) is 125 Å². The number of carbonyl (C=O) groups excluding carboxylic acids is 2. The second kappa shape index (κ2) is 34.4. The Kier molecular flexibility index (Phi) is 28.4. The van der Waals surface area contributed by atoms with Crippen LogP contribution in [0.4, 0.5) is 26.3 Å². The summed E-state index contributed by atoms with van der Waals surface area (Å²) in [4.78, 5) is 23.8. The molecule has 0 atom stereocenters. The lowest BCUT2D eigenvalue weighted by Gasteiger charge is -2.42. The number of carbonyl (C=O) groups is 2. The van der Waals surface area contributed by atoms with Gasteiger partial charge in [0.25, 0.3) is 0 Å². The molecule has 6 heterocycles. The minimum absolute atomic E-state index is 0. The van der Waals surface area contributed by atoms with Crippen molar-refractivity contribution in [2.75, 3.05) is 78.7 Å². The van der Waals surface area contributed by atoms with Crippen LogP contribution in [-0.4, -0.2) is 145 Å². The van der Waals surface area contributed by atoms with Gasteiger partial charge in [-0.3, -0.25) is 19.8 Å². The van der Waals surface area contributed by atoms with Crippen LogP contribution in [0.1, 0.15) is 93.0 Å². The summed E-state index contributed by atoms with van der Waals surface area (Å²) in [6.45, 7) is 13.8. The highest BCUT2D eigenvalue weighted by Crippen LogP contribution is 2.40. The highest BCUT2D eigenvalue weighted by atomic mass is 35.5. The summed E-state index contributed by atoms with van der Waals surface area (Å²) in [5.41, 5.74) is -0.263. The summed E-state index contributed by atoms with van der Waals surface area (Å²) in [6, 6.07) is 22.0. The predicted octanol–water partition coefficient (Wildman–Crippen LogP) is 8.59. The van der Waals surface area contributed by atoms with Crippen LogP contribution in [0.3, 0.4) is 0 Å². The maximum atomic E-state index is 13.2. The minimum Gasteiger partial charge on any atom is -0.359 e. The zero-order valence-corrected chi connectivity index (χ0v) is 54.1. The van der Waals surface area contributed by atoms with Gasteiger partial charge in [0.1, 0.15) is 23.0 Å². The number of rotatable bonds is 8. The van der Waals surface area contributed by atoms with Crippen molar-refractivity contribution in [3.63, 3.8) is 0 Å². The van der Waals surface area contributed by atoms with Gasteiger partial charge in [0.15, 0.2) is 0 Å². The predicted molar refractivity (Wildman–Crippen MR) is 335 cm³/mol. The lowest BCUT2D eigenvalue weighted by Crippen LogP contribution is -2.55. The number of nitrogens with one attached hydrogen (secondary N) is 2. The first-order valence-electron chi connectivity index (χ1n) is 29.0. The van der Waals surface area contributed by atoms with Gasteiger partial charge in [-0.15, -0.1) is 12.4 Å². The summed E-state index contributed by atoms with van der Waals surface area (Å²) in [5.74, 6) is 26.2. The van der Waals surface area contributed by atoms with Crippen molar-refractivity contribution in [1.82, 2.24) is 28.4 Å². The molecule has 6 fully saturated rings. The van der Waals surface area contributed by atoms with Gasteiger partial charge in [0.2, 0.25) is 30.1 Å². The SMILES string of the molecule is CC#CC#CC#CC#CC#CC.Cc1ccc(S(=O)(=O)N2CCC3(CC2)NCCO3)cc1.Cc1ccc(S(=O)(=O)N2CCC3(CC2)OCCN3S(=O)(=O)c2ccc(C(F)(F)F)cc2)cc1.Cl.O=C1CCN(Cc2ccc(C(F)(F)F)cc2)CC1.O=C1CCNCC1. The fraction of sp³-hybridized carbons (Fsp3) is 0.446. The lowest BCUT2D eigenvalue weighted by molar-refractivity contribution is -0.138. The number of ketones is 2. The largest absolute Gasteiger partial charge is 0.416 e. The standard InChI is InChI=1S/C21H23F3N2O5S2.C14H20N2O3S.C13H14F3NO.C12H6.C5H9NO.ClH/c1-16-2-6-18(7-3-16)32(27,28)25-12-10-20(11-13-25)26(14-15-31-20)33(29,30)19-8-4-17(5-9-19)21(22,23)24;1-12-2-4-13(5-3-12)20(17,18)16-9-6-14(7-10-16)15-8-11-19-14;14-13(15,16)11-3-1-10(2-4-11)9-17-7-5-12(18)6-8-17;1-3-5-7-9-11-12-10-8-6-4-2;7-5-1-3-6-4-2-5;/h2-9H,10-15H2,1H3;2-5,15H,6-11H2,1H3;1-4H,5-9H2;1-2H3;6H,1-4H2;1H. The molecule has 2 spiro atoms. The molecule has 6 aliphatic heterocycles. The van der Waals surface area contributed by atoms with Crippen LogP contribution in [0, 0.1) is 73.1 Å². The van der Waals surface area contributed by atoms with E-state index in [0.717, 1.165) is 89.9 Å². The zero-order valence-electron chi connectivity index (χ0n) is 50.9. The molecule has 0 bridgehead atoms. The number of hydrogen-bond donors (Lipinski definition) is 2. The Morgan fingerprint density at radius 1 is 0.484 bits per heavy atom. The maximum absolute atomic E-state index is 13.2. The topological polar surface area (TPSA) is 192 Å². The number of sulfonamides is 3. The third-order valence-electron chi connectivity index (χ3n) is 15.1. The highest BCUT2D eigenvalue weighted by Gasteiger charge is 2.52. The van der Waals surface area contributed by atoms with E-state index >= 15 is 0 Å². The van der Waals surface area contributed by atoms with Crippen molar-refractivity contribution >= 4 is 54.0 Å². The van der Waals surface area contributed by atoms with Gasteiger partial charge in [0.05, 0.1) is 39.0 Å². The van der Waals surface area contributed by atoms with Gasteiger partial charge >= 0.3 is 12.4 Å². The molecule has 10 rings (SSSR count). The average molecular weight is 1340 g/mol. The van der Waals surface area contributed by atoms with Gasteiger partial charge in [0, 0.05) is 123 Å². The fourth-order valence-electron chi connectivity index (χ4n) is 10.1. The third kappa shape index (κ3) is 22.0. The van der Waals surface area contributed by atoms with Crippen LogP contribution in [0.2, 0.25) is 0 Å². The van der Waals surface area contributed by atoms with E-state index < -0.39 is 59.3 Å². The monoisotopic (exact) mass is 1340 g/mol. The Morgan fingerprint density at radius 3 is 1.27 bits per heavy atom. The molecular formula is C65H73ClF6N6O10S3. The van der Waals surface area contributed by atoms with Gasteiger partial charge < -0.3 is 14.8 Å². The number of halogens is 7. The molecular weight excluding hydrogens is 1270 g/mol. The van der Waals surface area contributed by atoms with E-state index in [2.05, 4.69) is 74.7 Å². The summed E-state index contributed by atoms with van der Waals surface area (Å²) < 4.78 is 169. The molecule has 0 saturated carbocycles. The van der Waals surface area contributed by atoms with E-state index in [4.69, 9.17) is 9.47 Å². The molecule has 0 aliphatic carbocycles. The second-order valence-corrected chi connectivity index (χ2v) is 27.1. The van der Waals surface area contributed by atoms with Gasteiger partial charge in [-0.1, -0.05) is 59.4 Å². The molecule has 4 aromatic rings.